The number of nitrogens with one attached hydrogen (secondary N) is 2. The lowest BCUT2D eigenvalue weighted by atomic mass is 10.2. The summed E-state index contributed by atoms with van der Waals surface area (Å²) in [6.45, 7) is 2.30. The average molecular weight is 397 g/mol. The highest BCUT2D eigenvalue weighted by Gasteiger charge is 2.11. The minimum atomic E-state index is -3.20. The molecule has 0 spiro atoms. The Morgan fingerprint density at radius 3 is 2.76 bits per heavy atom. The van der Waals surface area contributed by atoms with E-state index in [-0.39, 0.29) is 12.3 Å². The molecule has 0 aliphatic heterocycles. The first-order valence-electron chi connectivity index (χ1n) is 7.71. The van der Waals surface area contributed by atoms with Crippen LogP contribution in [0.1, 0.15) is 6.92 Å². The van der Waals surface area contributed by atoms with Crippen LogP contribution in [0.2, 0.25) is 5.02 Å². The van der Waals surface area contributed by atoms with Gasteiger partial charge in [0.15, 0.2) is 5.82 Å². The third-order valence-corrected chi connectivity index (χ3v) is 6.02. The quantitative estimate of drug-likeness (QED) is 0.598. The number of aromatic nitrogens is 2. The van der Waals surface area contributed by atoms with Crippen molar-refractivity contribution < 1.29 is 8.42 Å². The van der Waals surface area contributed by atoms with E-state index in [1.165, 1.54) is 0 Å². The molecule has 0 aliphatic carbocycles. The van der Waals surface area contributed by atoms with E-state index in [0.717, 1.165) is 15.8 Å². The summed E-state index contributed by atoms with van der Waals surface area (Å²) in [5, 5.41) is 6.59. The Kier molecular flexibility index (Phi) is 5.53. The molecule has 2 aromatic heterocycles. The fourth-order valence-electron chi connectivity index (χ4n) is 2.24. The summed E-state index contributed by atoms with van der Waals surface area (Å²) in [6.07, 6.45) is 0. The van der Waals surface area contributed by atoms with Crippen molar-refractivity contribution in [1.82, 2.24) is 14.7 Å². The topological polar surface area (TPSA) is 84.0 Å². The molecule has 0 unspecified atom stereocenters. The van der Waals surface area contributed by atoms with Crippen LogP contribution in [0, 0.1) is 0 Å². The predicted molar refractivity (Wildman–Crippen MR) is 104 cm³/mol. The van der Waals surface area contributed by atoms with E-state index in [2.05, 4.69) is 20.0 Å². The highest BCUT2D eigenvalue weighted by Crippen LogP contribution is 2.28. The van der Waals surface area contributed by atoms with Crippen LogP contribution in [0.4, 0.5) is 5.82 Å². The van der Waals surface area contributed by atoms with Crippen molar-refractivity contribution in [2.24, 2.45) is 0 Å². The van der Waals surface area contributed by atoms with Crippen molar-refractivity contribution in [1.29, 1.82) is 0 Å². The van der Waals surface area contributed by atoms with Crippen LogP contribution >= 0.6 is 22.9 Å². The number of fused-ring (bicyclic) bond motifs is 1. The maximum absolute atomic E-state index is 11.5. The Morgan fingerprint density at radius 2 is 2.04 bits per heavy atom. The number of sulfonamides is 1. The molecule has 0 bridgehead atoms. The van der Waals surface area contributed by atoms with Gasteiger partial charge in [0.25, 0.3) is 0 Å². The van der Waals surface area contributed by atoms with E-state index < -0.39 is 10.0 Å². The van der Waals surface area contributed by atoms with Crippen molar-refractivity contribution in [2.75, 3.05) is 24.2 Å². The van der Waals surface area contributed by atoms with Gasteiger partial charge in [0, 0.05) is 23.5 Å². The number of thiophene rings is 1. The van der Waals surface area contributed by atoms with E-state index in [0.29, 0.717) is 23.2 Å². The number of rotatable bonds is 7. The number of benzene rings is 1. The van der Waals surface area contributed by atoms with Gasteiger partial charge >= 0.3 is 0 Å². The van der Waals surface area contributed by atoms with E-state index in [1.807, 2.05) is 23.6 Å². The summed E-state index contributed by atoms with van der Waals surface area (Å²) in [5.41, 5.74) is 0.738. The maximum Gasteiger partial charge on any atom is 0.211 e. The number of nitrogens with zero attached hydrogens (tertiary/aromatic N) is 2. The van der Waals surface area contributed by atoms with Gasteiger partial charge in [-0.2, -0.15) is 0 Å². The fourth-order valence-corrected chi connectivity index (χ4v) is 3.68. The highest BCUT2D eigenvalue weighted by atomic mass is 35.5. The van der Waals surface area contributed by atoms with Gasteiger partial charge in [-0.15, -0.1) is 11.3 Å². The molecule has 0 radical (unpaired) electrons. The van der Waals surface area contributed by atoms with E-state index in [9.17, 15) is 8.42 Å². The van der Waals surface area contributed by atoms with Crippen LogP contribution in [0.3, 0.4) is 0 Å². The lowest BCUT2D eigenvalue weighted by Gasteiger charge is -2.11. The van der Waals surface area contributed by atoms with E-state index in [4.69, 9.17) is 11.6 Å². The zero-order valence-electron chi connectivity index (χ0n) is 13.5. The lowest BCUT2D eigenvalue weighted by Crippen LogP contribution is -2.30. The Hall–Kier alpha value is -1.74. The minimum absolute atomic E-state index is 0.0600. The van der Waals surface area contributed by atoms with Gasteiger partial charge in [-0.25, -0.2) is 23.1 Å². The number of halogens is 1. The van der Waals surface area contributed by atoms with Crippen molar-refractivity contribution in [3.63, 3.8) is 0 Å². The van der Waals surface area contributed by atoms with Gasteiger partial charge in [0.05, 0.1) is 16.1 Å². The van der Waals surface area contributed by atoms with Gasteiger partial charge in [0.1, 0.15) is 5.82 Å². The summed E-state index contributed by atoms with van der Waals surface area (Å²) in [6, 6.07) is 9.33. The largest absolute Gasteiger partial charge is 0.368 e. The molecule has 132 valence electrons. The third-order valence-electron chi connectivity index (χ3n) is 3.52. The molecule has 1 aromatic carbocycles. The standard InChI is InChI=1S/C16H17ClN4O2S2/c1-2-25(22,23)19-8-7-18-15-12-6-5-11(17)10-13(12)20-16(21-15)14-4-3-9-24-14/h3-6,9-10,19H,2,7-8H2,1H3,(H,18,20,21). The zero-order valence-corrected chi connectivity index (χ0v) is 15.9. The molecule has 6 nitrogen and oxygen atoms in total. The molecule has 0 saturated carbocycles. The summed E-state index contributed by atoms with van der Waals surface area (Å²) >= 11 is 7.64. The zero-order chi connectivity index (χ0) is 17.9. The Labute approximate surface area is 155 Å². The molecule has 0 saturated heterocycles. The fraction of sp³-hybridized carbons (Fsp3) is 0.250. The van der Waals surface area contributed by atoms with Gasteiger partial charge in [-0.1, -0.05) is 17.7 Å². The van der Waals surface area contributed by atoms with Crippen molar-refractivity contribution in [3.05, 3.63) is 40.7 Å². The van der Waals surface area contributed by atoms with Crippen LogP contribution in [0.25, 0.3) is 21.6 Å². The van der Waals surface area contributed by atoms with Crippen LogP contribution in [0.5, 0.6) is 0 Å². The Morgan fingerprint density at radius 1 is 1.20 bits per heavy atom. The van der Waals surface area contributed by atoms with E-state index in [1.54, 1.807) is 30.4 Å². The molecular formula is C16H17ClN4O2S2. The molecule has 3 aromatic rings. The second-order valence-corrected chi connectivity index (χ2v) is 8.74. The monoisotopic (exact) mass is 396 g/mol. The van der Waals surface area contributed by atoms with Gasteiger partial charge in [-0.3, -0.25) is 0 Å². The molecule has 2 heterocycles. The van der Waals surface area contributed by atoms with Gasteiger partial charge in [0.2, 0.25) is 10.0 Å². The summed E-state index contributed by atoms with van der Waals surface area (Å²) in [5.74, 6) is 1.33. The Balaban J connectivity index is 1.87. The first kappa shape index (κ1) is 18.1. The summed E-state index contributed by atoms with van der Waals surface area (Å²) < 4.78 is 25.5. The highest BCUT2D eigenvalue weighted by molar-refractivity contribution is 7.89. The number of anilines is 1. The lowest BCUT2D eigenvalue weighted by molar-refractivity contribution is 0.584. The normalized spacial score (nSPS) is 11.8. The minimum Gasteiger partial charge on any atom is -0.368 e. The first-order chi connectivity index (χ1) is 12.0. The second kappa shape index (κ2) is 7.65. The molecule has 0 fully saturated rings. The van der Waals surface area contributed by atoms with Crippen molar-refractivity contribution in [2.45, 2.75) is 6.92 Å². The predicted octanol–water partition coefficient (Wildman–Crippen LogP) is 3.36. The van der Waals surface area contributed by atoms with Crippen molar-refractivity contribution in [3.8, 4) is 10.7 Å². The van der Waals surface area contributed by atoms with Crippen molar-refractivity contribution >= 4 is 49.7 Å². The Bertz CT molecular complexity index is 975. The summed E-state index contributed by atoms with van der Waals surface area (Å²) in [4.78, 5) is 10.1. The molecular weight excluding hydrogens is 380 g/mol. The molecule has 0 atom stereocenters. The maximum atomic E-state index is 11.5. The number of hydrogen-bond acceptors (Lipinski definition) is 6. The third kappa shape index (κ3) is 4.46. The SMILES string of the molecule is CCS(=O)(=O)NCCNc1nc(-c2cccs2)nc2cc(Cl)ccc12. The molecule has 0 amide bonds. The molecule has 9 heteroatoms. The molecule has 3 rings (SSSR count). The smallest absolute Gasteiger partial charge is 0.211 e. The average Bonchev–Trinajstić information content (AvgIpc) is 3.12. The van der Waals surface area contributed by atoms with Gasteiger partial charge in [-0.05, 0) is 36.6 Å². The summed E-state index contributed by atoms with van der Waals surface area (Å²) in [7, 11) is -3.20. The molecule has 25 heavy (non-hydrogen) atoms. The number of hydrogen-bond donors (Lipinski definition) is 2. The molecule has 2 N–H and O–H groups in total. The first-order valence-corrected chi connectivity index (χ1v) is 10.6. The molecule has 0 aliphatic rings. The van der Waals surface area contributed by atoms with Crippen LogP contribution in [-0.2, 0) is 10.0 Å². The van der Waals surface area contributed by atoms with Crippen LogP contribution < -0.4 is 10.0 Å². The van der Waals surface area contributed by atoms with E-state index >= 15 is 0 Å². The van der Waals surface area contributed by atoms with Crippen LogP contribution in [-0.4, -0.2) is 37.2 Å². The second-order valence-electron chi connectivity index (χ2n) is 5.26. The van der Waals surface area contributed by atoms with Crippen LogP contribution in [0.15, 0.2) is 35.7 Å². The van der Waals surface area contributed by atoms with Gasteiger partial charge < -0.3 is 5.32 Å².